The molecule has 0 saturated heterocycles. The van der Waals surface area contributed by atoms with Gasteiger partial charge in [0.15, 0.2) is 11.5 Å². The maximum atomic E-state index is 12.7. The van der Waals surface area contributed by atoms with E-state index in [4.69, 9.17) is 23.7 Å². The number of ether oxygens (including phenoxy) is 5. The van der Waals surface area contributed by atoms with Gasteiger partial charge in [-0.2, -0.15) is 5.10 Å². The highest BCUT2D eigenvalue weighted by atomic mass is 16.5. The number of hydrogen-bond acceptors (Lipinski definition) is 8. The molecule has 1 heterocycles. The second-order valence-electron chi connectivity index (χ2n) is 7.83. The van der Waals surface area contributed by atoms with Gasteiger partial charge in [0, 0.05) is 17.0 Å². The van der Waals surface area contributed by atoms with Gasteiger partial charge in [0.1, 0.15) is 12.4 Å². The van der Waals surface area contributed by atoms with Gasteiger partial charge in [-0.3, -0.25) is 4.79 Å². The van der Waals surface area contributed by atoms with Gasteiger partial charge in [-0.15, -0.1) is 0 Å². The van der Waals surface area contributed by atoms with Gasteiger partial charge in [-0.25, -0.2) is 10.4 Å². The summed E-state index contributed by atoms with van der Waals surface area (Å²) >= 11 is 0. The molecule has 1 N–H and O–H groups in total. The van der Waals surface area contributed by atoms with Crippen molar-refractivity contribution in [2.45, 2.75) is 6.61 Å². The Morgan fingerprint density at radius 3 is 2.27 bits per heavy atom. The number of pyridine rings is 1. The van der Waals surface area contributed by atoms with E-state index < -0.39 is 5.91 Å². The van der Waals surface area contributed by atoms with E-state index in [1.165, 1.54) is 34.7 Å². The van der Waals surface area contributed by atoms with Gasteiger partial charge < -0.3 is 23.7 Å². The average molecular weight is 502 g/mol. The van der Waals surface area contributed by atoms with Crippen molar-refractivity contribution >= 4 is 23.0 Å². The number of carbonyl (C=O) groups excluding carboxylic acids is 1. The maximum Gasteiger partial charge on any atom is 0.271 e. The van der Waals surface area contributed by atoms with E-state index in [-0.39, 0.29) is 0 Å². The number of fused-ring (bicyclic) bond motifs is 1. The van der Waals surface area contributed by atoms with Crippen molar-refractivity contribution in [1.29, 1.82) is 0 Å². The molecular formula is C28H27N3O6. The molecule has 9 nitrogen and oxygen atoms in total. The lowest BCUT2D eigenvalue weighted by molar-refractivity contribution is 0.0954. The van der Waals surface area contributed by atoms with E-state index >= 15 is 0 Å². The quantitative estimate of drug-likeness (QED) is 0.250. The zero-order chi connectivity index (χ0) is 26.2. The monoisotopic (exact) mass is 501 g/mol. The van der Waals surface area contributed by atoms with Crippen LogP contribution in [0.2, 0.25) is 0 Å². The molecule has 4 rings (SSSR count). The van der Waals surface area contributed by atoms with E-state index in [0.717, 1.165) is 10.9 Å². The van der Waals surface area contributed by atoms with E-state index in [0.29, 0.717) is 52.1 Å². The third-order valence-electron chi connectivity index (χ3n) is 5.52. The highest BCUT2D eigenvalue weighted by molar-refractivity contribution is 5.97. The van der Waals surface area contributed by atoms with Crippen molar-refractivity contribution in [3.63, 3.8) is 0 Å². The topological polar surface area (TPSA) is 101 Å². The minimum absolute atomic E-state index is 0.290. The zero-order valence-corrected chi connectivity index (χ0v) is 21.0. The summed E-state index contributed by atoms with van der Waals surface area (Å²) in [6.45, 7) is 0.458. The minimum atomic E-state index is -0.455. The summed E-state index contributed by atoms with van der Waals surface area (Å²) in [5, 5.41) is 4.95. The first-order chi connectivity index (χ1) is 18.1. The highest BCUT2D eigenvalue weighted by Crippen LogP contribution is 2.38. The number of carbonyl (C=O) groups is 1. The second-order valence-corrected chi connectivity index (χ2v) is 7.83. The number of aromatic nitrogens is 1. The number of amides is 1. The number of nitrogens with zero attached hydrogens (tertiary/aromatic N) is 2. The van der Waals surface area contributed by atoms with E-state index in [2.05, 4.69) is 15.5 Å². The molecule has 37 heavy (non-hydrogen) atoms. The van der Waals surface area contributed by atoms with Gasteiger partial charge in [0.2, 0.25) is 11.6 Å². The van der Waals surface area contributed by atoms with Crippen LogP contribution in [0.4, 0.5) is 0 Å². The molecule has 1 aromatic heterocycles. The molecule has 0 saturated carbocycles. The Morgan fingerprint density at radius 1 is 0.892 bits per heavy atom. The number of hydrazone groups is 1. The number of methoxy groups -OCH3 is 4. The van der Waals surface area contributed by atoms with Crippen LogP contribution in [-0.2, 0) is 6.61 Å². The van der Waals surface area contributed by atoms with Gasteiger partial charge in [0.05, 0.1) is 45.7 Å². The fraction of sp³-hybridized carbons (Fsp3) is 0.179. The molecule has 4 aromatic rings. The summed E-state index contributed by atoms with van der Waals surface area (Å²) in [4.78, 5) is 17.3. The lowest BCUT2D eigenvalue weighted by Crippen LogP contribution is -2.18. The standard InChI is InChI=1S/C28H27N3O6/c1-33-24-13-20(14-25(34-2)26(24)35-3)27(32)31-29-16-21-12-19-10-11-22(15-23(19)30-28(21)36-4)37-17-18-8-6-5-7-9-18/h5-16H,17H2,1-4H3,(H,31,32)/b29-16+. The Hall–Kier alpha value is -4.79. The molecule has 190 valence electrons. The van der Waals surface area contributed by atoms with Crippen molar-refractivity contribution in [3.05, 3.63) is 83.4 Å². The fourth-order valence-corrected chi connectivity index (χ4v) is 3.67. The predicted octanol–water partition coefficient (Wildman–Crippen LogP) is 4.61. The van der Waals surface area contributed by atoms with Crippen molar-refractivity contribution in [1.82, 2.24) is 10.4 Å². The maximum absolute atomic E-state index is 12.7. The Balaban J connectivity index is 1.50. The van der Waals surface area contributed by atoms with Crippen molar-refractivity contribution in [2.75, 3.05) is 28.4 Å². The molecule has 0 unspecified atom stereocenters. The van der Waals surface area contributed by atoms with Crippen LogP contribution in [0.25, 0.3) is 10.9 Å². The SMILES string of the molecule is COc1cc(C(=O)N/N=C/c2cc3ccc(OCc4ccccc4)cc3nc2OC)cc(OC)c1OC. The molecule has 0 bridgehead atoms. The molecule has 0 spiro atoms. The number of rotatable bonds is 10. The molecule has 0 aliphatic heterocycles. The third-order valence-corrected chi connectivity index (χ3v) is 5.52. The molecule has 0 atom stereocenters. The van der Waals surface area contributed by atoms with E-state index in [9.17, 15) is 4.79 Å². The first-order valence-electron chi connectivity index (χ1n) is 11.3. The zero-order valence-electron chi connectivity index (χ0n) is 21.0. The van der Waals surface area contributed by atoms with Crippen LogP contribution in [0.3, 0.4) is 0 Å². The Labute approximate surface area is 214 Å². The second kappa shape index (κ2) is 11.8. The summed E-state index contributed by atoms with van der Waals surface area (Å²) in [5.41, 5.74) is 5.18. The molecule has 0 radical (unpaired) electrons. The number of nitrogens with one attached hydrogen (secondary N) is 1. The van der Waals surface area contributed by atoms with E-state index in [1.807, 2.05) is 54.6 Å². The normalized spacial score (nSPS) is 10.8. The van der Waals surface area contributed by atoms with Gasteiger partial charge >= 0.3 is 0 Å². The first-order valence-corrected chi connectivity index (χ1v) is 11.3. The molecule has 3 aromatic carbocycles. The van der Waals surface area contributed by atoms with Crippen LogP contribution < -0.4 is 29.1 Å². The van der Waals surface area contributed by atoms with Crippen molar-refractivity contribution in [3.8, 4) is 28.9 Å². The Bertz CT molecular complexity index is 1400. The molecular weight excluding hydrogens is 474 g/mol. The smallest absolute Gasteiger partial charge is 0.271 e. The molecule has 1 amide bonds. The number of benzene rings is 3. The average Bonchev–Trinajstić information content (AvgIpc) is 2.95. The Morgan fingerprint density at radius 2 is 1.62 bits per heavy atom. The summed E-state index contributed by atoms with van der Waals surface area (Å²) in [5.74, 6) is 1.73. The highest BCUT2D eigenvalue weighted by Gasteiger charge is 2.17. The van der Waals surface area contributed by atoms with E-state index in [1.54, 1.807) is 12.1 Å². The van der Waals surface area contributed by atoms with Gasteiger partial charge in [-0.05, 0) is 35.9 Å². The molecule has 0 fully saturated rings. The largest absolute Gasteiger partial charge is 0.493 e. The molecule has 9 heteroatoms. The van der Waals surface area contributed by atoms with Crippen LogP contribution in [0.15, 0.2) is 71.8 Å². The first kappa shape index (κ1) is 25.3. The number of hydrogen-bond donors (Lipinski definition) is 1. The minimum Gasteiger partial charge on any atom is -0.493 e. The predicted molar refractivity (Wildman–Crippen MR) is 140 cm³/mol. The molecule has 0 aliphatic carbocycles. The lowest BCUT2D eigenvalue weighted by Gasteiger charge is -2.13. The Kier molecular flexibility index (Phi) is 8.05. The fourth-order valence-electron chi connectivity index (χ4n) is 3.67. The summed E-state index contributed by atoms with van der Waals surface area (Å²) in [6.07, 6.45) is 1.47. The van der Waals surface area contributed by atoms with Crippen LogP contribution in [0.5, 0.6) is 28.9 Å². The summed E-state index contributed by atoms with van der Waals surface area (Å²) < 4.78 is 27.3. The lowest BCUT2D eigenvalue weighted by atomic mass is 10.1. The third kappa shape index (κ3) is 5.90. The van der Waals surface area contributed by atoms with Crippen LogP contribution in [0.1, 0.15) is 21.5 Å². The van der Waals surface area contributed by atoms with Crippen molar-refractivity contribution < 1.29 is 28.5 Å². The summed E-state index contributed by atoms with van der Waals surface area (Å²) in [6, 6.07) is 20.5. The van der Waals surface area contributed by atoms with Gasteiger partial charge in [-0.1, -0.05) is 30.3 Å². The van der Waals surface area contributed by atoms with Crippen LogP contribution >= 0.6 is 0 Å². The van der Waals surface area contributed by atoms with Crippen molar-refractivity contribution in [2.24, 2.45) is 5.10 Å². The van der Waals surface area contributed by atoms with Gasteiger partial charge in [0.25, 0.3) is 5.91 Å². The van der Waals surface area contributed by atoms with Crippen LogP contribution in [0, 0.1) is 0 Å². The molecule has 0 aliphatic rings. The summed E-state index contributed by atoms with van der Waals surface area (Å²) in [7, 11) is 5.98. The van der Waals surface area contributed by atoms with Crippen LogP contribution in [-0.4, -0.2) is 45.5 Å².